The first-order chi connectivity index (χ1) is 6.56. The van der Waals surface area contributed by atoms with E-state index in [1.807, 2.05) is 0 Å². The highest BCUT2D eigenvalue weighted by atomic mass is 79.9. The molecular weight excluding hydrogens is 250 g/mol. The first kappa shape index (κ1) is 10.9. The second-order valence-corrected chi connectivity index (χ2v) is 3.50. The molecule has 0 bridgehead atoms. The standard InChI is InChI=1S/C9H8BrNO3/c1-2-9(12)6-3-4-8(11(13)14)7(10)5-6/h2-5,9,12H,1H2. The van der Waals surface area contributed by atoms with Crippen molar-refractivity contribution < 1.29 is 10.0 Å². The second-order valence-electron chi connectivity index (χ2n) is 2.65. The molecule has 0 radical (unpaired) electrons. The van der Waals surface area contributed by atoms with Gasteiger partial charge in [-0.3, -0.25) is 10.1 Å². The van der Waals surface area contributed by atoms with Crippen LogP contribution < -0.4 is 0 Å². The van der Waals surface area contributed by atoms with Crippen LogP contribution in [0.1, 0.15) is 11.7 Å². The van der Waals surface area contributed by atoms with Crippen molar-refractivity contribution in [2.24, 2.45) is 0 Å². The van der Waals surface area contributed by atoms with Crippen LogP contribution in [0.3, 0.4) is 0 Å². The lowest BCUT2D eigenvalue weighted by atomic mass is 10.1. The summed E-state index contributed by atoms with van der Waals surface area (Å²) in [6.45, 7) is 3.43. The highest BCUT2D eigenvalue weighted by Gasteiger charge is 2.13. The monoisotopic (exact) mass is 257 g/mol. The van der Waals surface area contributed by atoms with Crippen LogP contribution in [0.5, 0.6) is 0 Å². The van der Waals surface area contributed by atoms with Crippen molar-refractivity contribution in [3.63, 3.8) is 0 Å². The van der Waals surface area contributed by atoms with E-state index in [9.17, 15) is 15.2 Å². The molecule has 1 unspecified atom stereocenters. The Balaban J connectivity index is 3.12. The minimum atomic E-state index is -0.799. The van der Waals surface area contributed by atoms with E-state index >= 15 is 0 Å². The number of nitrogens with zero attached hydrogens (tertiary/aromatic N) is 1. The molecule has 0 heterocycles. The third kappa shape index (κ3) is 2.18. The number of aliphatic hydroxyl groups excluding tert-OH is 1. The van der Waals surface area contributed by atoms with Crippen molar-refractivity contribution in [3.8, 4) is 0 Å². The van der Waals surface area contributed by atoms with Crippen molar-refractivity contribution in [3.05, 3.63) is 51.0 Å². The van der Waals surface area contributed by atoms with Crippen LogP contribution in [0, 0.1) is 10.1 Å². The Morgan fingerprint density at radius 1 is 1.64 bits per heavy atom. The normalized spacial score (nSPS) is 12.1. The summed E-state index contributed by atoms with van der Waals surface area (Å²) in [5.41, 5.74) is 0.544. The van der Waals surface area contributed by atoms with Gasteiger partial charge in [-0.15, -0.1) is 6.58 Å². The Morgan fingerprint density at radius 3 is 2.71 bits per heavy atom. The van der Waals surface area contributed by atoms with E-state index in [-0.39, 0.29) is 5.69 Å². The number of aliphatic hydroxyl groups is 1. The third-order valence-corrected chi connectivity index (χ3v) is 2.37. The zero-order chi connectivity index (χ0) is 10.7. The van der Waals surface area contributed by atoms with Crippen molar-refractivity contribution in [2.45, 2.75) is 6.10 Å². The fourth-order valence-electron chi connectivity index (χ4n) is 0.991. The van der Waals surface area contributed by atoms with Crippen LogP contribution in [-0.4, -0.2) is 10.0 Å². The SMILES string of the molecule is C=CC(O)c1ccc([N+](=O)[O-])c(Br)c1. The van der Waals surface area contributed by atoms with Crippen LogP contribution in [0.4, 0.5) is 5.69 Å². The Hall–Kier alpha value is -1.20. The van der Waals surface area contributed by atoms with Crippen LogP contribution in [0.2, 0.25) is 0 Å². The Bertz CT molecular complexity index is 378. The maximum Gasteiger partial charge on any atom is 0.283 e. The molecule has 1 rings (SSSR count). The predicted octanol–water partition coefficient (Wildman–Crippen LogP) is 2.58. The molecule has 0 aromatic heterocycles. The van der Waals surface area contributed by atoms with Crippen LogP contribution in [-0.2, 0) is 0 Å². The number of halogens is 1. The summed E-state index contributed by atoms with van der Waals surface area (Å²) in [4.78, 5) is 9.97. The second kappa shape index (κ2) is 4.34. The summed E-state index contributed by atoms with van der Waals surface area (Å²) in [7, 11) is 0. The first-order valence-corrected chi connectivity index (χ1v) is 4.60. The predicted molar refractivity (Wildman–Crippen MR) is 56.0 cm³/mol. The van der Waals surface area contributed by atoms with Gasteiger partial charge < -0.3 is 5.11 Å². The summed E-state index contributed by atoms with van der Waals surface area (Å²) in [6.07, 6.45) is 0.556. The molecule has 1 N–H and O–H groups in total. The lowest BCUT2D eigenvalue weighted by Crippen LogP contribution is -1.95. The quantitative estimate of drug-likeness (QED) is 0.514. The summed E-state index contributed by atoms with van der Waals surface area (Å²) >= 11 is 3.06. The van der Waals surface area contributed by atoms with Gasteiger partial charge in [0.15, 0.2) is 0 Å². The lowest BCUT2D eigenvalue weighted by Gasteiger charge is -2.05. The van der Waals surface area contributed by atoms with Gasteiger partial charge in [0, 0.05) is 6.07 Å². The molecule has 1 atom stereocenters. The number of nitro benzene ring substituents is 1. The van der Waals surface area contributed by atoms with Crippen molar-refractivity contribution in [1.82, 2.24) is 0 Å². The molecule has 0 aliphatic rings. The largest absolute Gasteiger partial charge is 0.384 e. The number of rotatable bonds is 3. The summed E-state index contributed by atoms with van der Waals surface area (Å²) in [6, 6.07) is 4.34. The van der Waals surface area contributed by atoms with Crippen LogP contribution in [0.25, 0.3) is 0 Å². The van der Waals surface area contributed by atoms with E-state index in [1.54, 1.807) is 0 Å². The van der Waals surface area contributed by atoms with Gasteiger partial charge in [-0.05, 0) is 33.6 Å². The number of benzene rings is 1. The Morgan fingerprint density at radius 2 is 2.29 bits per heavy atom. The molecule has 4 nitrogen and oxygen atoms in total. The van der Waals surface area contributed by atoms with Gasteiger partial charge in [-0.1, -0.05) is 6.08 Å². The smallest absolute Gasteiger partial charge is 0.283 e. The minimum Gasteiger partial charge on any atom is -0.384 e. The van der Waals surface area contributed by atoms with Crippen molar-refractivity contribution >= 4 is 21.6 Å². The molecule has 0 aliphatic heterocycles. The molecule has 14 heavy (non-hydrogen) atoms. The van der Waals surface area contributed by atoms with Gasteiger partial charge in [-0.25, -0.2) is 0 Å². The van der Waals surface area contributed by atoms with E-state index in [4.69, 9.17) is 0 Å². The highest BCUT2D eigenvalue weighted by Crippen LogP contribution is 2.28. The van der Waals surface area contributed by atoms with Gasteiger partial charge in [0.1, 0.15) is 0 Å². The molecule has 74 valence electrons. The zero-order valence-corrected chi connectivity index (χ0v) is 8.77. The number of nitro groups is 1. The Labute approximate surface area is 89.2 Å². The zero-order valence-electron chi connectivity index (χ0n) is 7.18. The van der Waals surface area contributed by atoms with E-state index < -0.39 is 11.0 Å². The maximum absolute atomic E-state index is 10.5. The minimum absolute atomic E-state index is 0.0231. The third-order valence-electron chi connectivity index (χ3n) is 1.73. The molecular formula is C9H8BrNO3. The summed E-state index contributed by atoms with van der Waals surface area (Å²) in [5.74, 6) is 0. The molecule has 0 aliphatic carbocycles. The van der Waals surface area contributed by atoms with Crippen LogP contribution in [0.15, 0.2) is 35.3 Å². The summed E-state index contributed by atoms with van der Waals surface area (Å²) in [5, 5.41) is 19.8. The van der Waals surface area contributed by atoms with Gasteiger partial charge in [0.25, 0.3) is 5.69 Å². The molecule has 0 amide bonds. The molecule has 0 spiro atoms. The molecule has 0 fully saturated rings. The molecule has 1 aromatic rings. The van der Waals surface area contributed by atoms with Gasteiger partial charge >= 0.3 is 0 Å². The molecule has 0 saturated heterocycles. The topological polar surface area (TPSA) is 63.4 Å². The van der Waals surface area contributed by atoms with Crippen molar-refractivity contribution in [1.29, 1.82) is 0 Å². The van der Waals surface area contributed by atoms with E-state index in [0.29, 0.717) is 10.0 Å². The highest BCUT2D eigenvalue weighted by molar-refractivity contribution is 9.10. The molecule has 5 heteroatoms. The van der Waals surface area contributed by atoms with Gasteiger partial charge in [-0.2, -0.15) is 0 Å². The number of hydrogen-bond donors (Lipinski definition) is 1. The summed E-state index contributed by atoms with van der Waals surface area (Å²) < 4.78 is 0.348. The van der Waals surface area contributed by atoms with Gasteiger partial charge in [0.2, 0.25) is 0 Å². The fraction of sp³-hybridized carbons (Fsp3) is 0.111. The average molecular weight is 258 g/mol. The average Bonchev–Trinajstić information content (AvgIpc) is 2.15. The van der Waals surface area contributed by atoms with E-state index in [0.717, 1.165) is 0 Å². The first-order valence-electron chi connectivity index (χ1n) is 3.80. The molecule has 0 saturated carbocycles. The van der Waals surface area contributed by atoms with Crippen molar-refractivity contribution in [2.75, 3.05) is 0 Å². The maximum atomic E-state index is 10.5. The van der Waals surface area contributed by atoms with E-state index in [2.05, 4.69) is 22.5 Å². The van der Waals surface area contributed by atoms with E-state index in [1.165, 1.54) is 24.3 Å². The Kier molecular flexibility index (Phi) is 3.38. The number of hydrogen-bond acceptors (Lipinski definition) is 3. The van der Waals surface area contributed by atoms with Crippen LogP contribution >= 0.6 is 15.9 Å². The molecule has 1 aromatic carbocycles. The fourth-order valence-corrected chi connectivity index (χ4v) is 1.53. The van der Waals surface area contributed by atoms with Gasteiger partial charge in [0.05, 0.1) is 15.5 Å². The lowest BCUT2D eigenvalue weighted by molar-refractivity contribution is -0.385.